The second-order valence-electron chi connectivity index (χ2n) is 3.22. The number of rotatable bonds is 1. The van der Waals surface area contributed by atoms with E-state index in [9.17, 15) is 8.42 Å². The van der Waals surface area contributed by atoms with Crippen LogP contribution in [0.5, 0.6) is 0 Å². The van der Waals surface area contributed by atoms with Gasteiger partial charge >= 0.3 is 0 Å². The third kappa shape index (κ3) is 1.81. The summed E-state index contributed by atoms with van der Waals surface area (Å²) in [4.78, 5) is 5.53. The van der Waals surface area contributed by atoms with Gasteiger partial charge in [0, 0.05) is 0 Å². The Kier molecular flexibility index (Phi) is 2.18. The summed E-state index contributed by atoms with van der Waals surface area (Å²) >= 11 is 4.87. The molecule has 0 aliphatic carbocycles. The van der Waals surface area contributed by atoms with Crippen molar-refractivity contribution in [1.29, 1.82) is 0 Å². The van der Waals surface area contributed by atoms with Crippen molar-refractivity contribution in [1.82, 2.24) is 9.97 Å². The summed E-state index contributed by atoms with van der Waals surface area (Å²) in [6.07, 6.45) is 0. The topological polar surface area (TPSA) is 86.0 Å². The molecule has 7 heteroatoms. The summed E-state index contributed by atoms with van der Waals surface area (Å²) in [6.45, 7) is 1.60. The van der Waals surface area contributed by atoms with Crippen molar-refractivity contribution in [2.45, 2.75) is 11.8 Å². The van der Waals surface area contributed by atoms with Crippen LogP contribution in [0.15, 0.2) is 17.0 Å². The van der Waals surface area contributed by atoms with E-state index < -0.39 is 10.1 Å². The van der Waals surface area contributed by atoms with E-state index in [2.05, 4.69) is 9.97 Å². The second kappa shape index (κ2) is 3.16. The van der Waals surface area contributed by atoms with E-state index >= 15 is 0 Å². The summed E-state index contributed by atoms with van der Waals surface area (Å²) in [5, 5.41) is 0. The number of fused-ring (bicyclic) bond motifs is 1. The molecule has 0 aliphatic rings. The number of aromatic nitrogens is 2. The molecule has 2 rings (SSSR count). The molecule has 2 aromatic rings. The van der Waals surface area contributed by atoms with Crippen molar-refractivity contribution in [2.24, 2.45) is 0 Å². The zero-order valence-electron chi connectivity index (χ0n) is 7.73. The van der Waals surface area contributed by atoms with Gasteiger partial charge in [0.2, 0.25) is 0 Å². The van der Waals surface area contributed by atoms with E-state index in [1.165, 1.54) is 6.07 Å². The van der Waals surface area contributed by atoms with Gasteiger partial charge in [-0.3, -0.25) is 4.55 Å². The van der Waals surface area contributed by atoms with Crippen molar-refractivity contribution < 1.29 is 13.0 Å². The fourth-order valence-corrected chi connectivity index (χ4v) is 2.40. The maximum atomic E-state index is 11.0. The van der Waals surface area contributed by atoms with Crippen molar-refractivity contribution >= 4 is 33.4 Å². The molecule has 0 atom stereocenters. The second-order valence-corrected chi connectivity index (χ2v) is 5.02. The van der Waals surface area contributed by atoms with Gasteiger partial charge in [-0.1, -0.05) is 0 Å². The summed E-state index contributed by atoms with van der Waals surface area (Å²) in [5.74, 6) is 0. The molecule has 0 saturated carbocycles. The largest absolute Gasteiger partial charge is 0.331 e. The number of imidazole rings is 1. The lowest BCUT2D eigenvalue weighted by Crippen LogP contribution is -2.00. The van der Waals surface area contributed by atoms with Crippen LogP contribution in [-0.4, -0.2) is 22.9 Å². The Labute approximate surface area is 90.9 Å². The first-order valence-electron chi connectivity index (χ1n) is 4.08. The van der Waals surface area contributed by atoms with Gasteiger partial charge in [-0.2, -0.15) is 8.42 Å². The Balaban J connectivity index is 2.89. The zero-order chi connectivity index (χ0) is 11.2. The van der Waals surface area contributed by atoms with E-state index in [4.69, 9.17) is 16.8 Å². The van der Waals surface area contributed by atoms with Crippen LogP contribution in [0.2, 0.25) is 0 Å². The summed E-state index contributed by atoms with van der Waals surface area (Å²) < 4.78 is 31.4. The molecule has 3 N–H and O–H groups in total. The molecule has 80 valence electrons. The molecule has 5 nitrogen and oxygen atoms in total. The van der Waals surface area contributed by atoms with Gasteiger partial charge in [0.25, 0.3) is 10.1 Å². The quantitative estimate of drug-likeness (QED) is 0.527. The van der Waals surface area contributed by atoms with Crippen LogP contribution >= 0.6 is 12.2 Å². The Hall–Kier alpha value is -1.18. The fraction of sp³-hybridized carbons (Fsp3) is 0.125. The molecular formula is C8H8N2O3S2. The Morgan fingerprint density at radius 2 is 1.80 bits per heavy atom. The number of hydrogen-bond donors (Lipinski definition) is 3. The standard InChI is InChI=1S/C8H8N2O3S2/c1-4-2-5-6(10-8(14)9-5)3-7(4)15(11,12)13/h2-3H,1H3,(H2,9,10,14)(H,11,12,13). The predicted octanol–water partition coefficient (Wildman–Crippen LogP) is 1.78. The molecule has 1 aromatic carbocycles. The molecule has 0 bridgehead atoms. The molecule has 0 aliphatic heterocycles. The van der Waals surface area contributed by atoms with E-state index in [0.717, 1.165) is 0 Å². The number of H-pyrrole nitrogens is 2. The molecule has 0 radical (unpaired) electrons. The molecule has 1 aromatic heterocycles. The Bertz CT molecular complexity index is 681. The van der Waals surface area contributed by atoms with Gasteiger partial charge in [0.15, 0.2) is 4.77 Å². The normalized spacial score (nSPS) is 12.1. The van der Waals surface area contributed by atoms with E-state index in [-0.39, 0.29) is 4.90 Å². The predicted molar refractivity (Wildman–Crippen MR) is 58.0 cm³/mol. The van der Waals surface area contributed by atoms with Crippen molar-refractivity contribution in [3.63, 3.8) is 0 Å². The van der Waals surface area contributed by atoms with E-state index in [1.807, 2.05) is 0 Å². The number of benzene rings is 1. The van der Waals surface area contributed by atoms with Gasteiger partial charge < -0.3 is 9.97 Å². The smallest absolute Gasteiger partial charge is 0.294 e. The Morgan fingerprint density at radius 1 is 1.27 bits per heavy atom. The molecule has 0 amide bonds. The van der Waals surface area contributed by atoms with Crippen LogP contribution in [0.1, 0.15) is 5.56 Å². The van der Waals surface area contributed by atoms with Crippen LogP contribution < -0.4 is 0 Å². The zero-order valence-corrected chi connectivity index (χ0v) is 9.37. The minimum Gasteiger partial charge on any atom is -0.331 e. The van der Waals surface area contributed by atoms with Gasteiger partial charge in [-0.15, -0.1) is 0 Å². The SMILES string of the molecule is Cc1cc2[nH]c(=S)[nH]c2cc1S(=O)(=O)O. The average Bonchev–Trinajstić information content (AvgIpc) is 2.40. The molecule has 15 heavy (non-hydrogen) atoms. The maximum absolute atomic E-state index is 11.0. The minimum absolute atomic E-state index is 0.111. The van der Waals surface area contributed by atoms with Crippen LogP contribution in [0.4, 0.5) is 0 Å². The fourth-order valence-electron chi connectivity index (χ4n) is 1.45. The first-order valence-corrected chi connectivity index (χ1v) is 5.93. The monoisotopic (exact) mass is 244 g/mol. The summed E-state index contributed by atoms with van der Waals surface area (Å²) in [5.41, 5.74) is 1.73. The highest BCUT2D eigenvalue weighted by Gasteiger charge is 2.14. The number of hydrogen-bond acceptors (Lipinski definition) is 3. The highest BCUT2D eigenvalue weighted by atomic mass is 32.2. The molecule has 0 spiro atoms. The van der Waals surface area contributed by atoms with Gasteiger partial charge in [0.1, 0.15) is 0 Å². The average molecular weight is 244 g/mol. The minimum atomic E-state index is -4.18. The first kappa shape index (κ1) is 10.3. The lowest BCUT2D eigenvalue weighted by atomic mass is 10.2. The van der Waals surface area contributed by atoms with E-state index in [0.29, 0.717) is 21.4 Å². The van der Waals surface area contributed by atoms with Gasteiger partial charge in [-0.05, 0) is 36.8 Å². The van der Waals surface area contributed by atoms with Crippen molar-refractivity contribution in [2.75, 3.05) is 0 Å². The van der Waals surface area contributed by atoms with Crippen LogP contribution in [-0.2, 0) is 10.1 Å². The highest BCUT2D eigenvalue weighted by Crippen LogP contribution is 2.20. The Morgan fingerprint density at radius 3 is 2.33 bits per heavy atom. The van der Waals surface area contributed by atoms with Crippen molar-refractivity contribution in [3.05, 3.63) is 22.5 Å². The summed E-state index contributed by atoms with van der Waals surface area (Å²) in [7, 11) is -4.18. The van der Waals surface area contributed by atoms with Gasteiger partial charge in [0.05, 0.1) is 15.9 Å². The number of aryl methyl sites for hydroxylation is 1. The summed E-state index contributed by atoms with van der Waals surface area (Å²) in [6, 6.07) is 2.97. The van der Waals surface area contributed by atoms with E-state index in [1.54, 1.807) is 13.0 Å². The van der Waals surface area contributed by atoms with Crippen LogP contribution in [0, 0.1) is 11.7 Å². The van der Waals surface area contributed by atoms with Crippen molar-refractivity contribution in [3.8, 4) is 0 Å². The third-order valence-electron chi connectivity index (χ3n) is 2.09. The lowest BCUT2D eigenvalue weighted by molar-refractivity contribution is 0.482. The van der Waals surface area contributed by atoms with Crippen LogP contribution in [0.25, 0.3) is 11.0 Å². The molecular weight excluding hydrogens is 236 g/mol. The van der Waals surface area contributed by atoms with Gasteiger partial charge in [-0.25, -0.2) is 0 Å². The first-order chi connectivity index (χ1) is 6.88. The van der Waals surface area contributed by atoms with Crippen LogP contribution in [0.3, 0.4) is 0 Å². The lowest BCUT2D eigenvalue weighted by Gasteiger charge is -2.01. The molecule has 0 unspecified atom stereocenters. The highest BCUT2D eigenvalue weighted by molar-refractivity contribution is 7.85. The number of aromatic amines is 2. The molecule has 1 heterocycles. The maximum Gasteiger partial charge on any atom is 0.294 e. The third-order valence-corrected chi connectivity index (χ3v) is 3.29. The molecule has 0 saturated heterocycles. The molecule has 0 fully saturated rings. The number of nitrogens with one attached hydrogen (secondary N) is 2.